The standard InChI is InChI=1S/C22H19N/c1-23(2)22-15-18(14-17-9-4-6-12-21(17)22)20-13-7-10-16-8-3-5-11-19(16)20/h3-15H,1-2H3. The highest BCUT2D eigenvalue weighted by atomic mass is 15.1. The van der Waals surface area contributed by atoms with Gasteiger partial charge in [0.25, 0.3) is 0 Å². The molecule has 112 valence electrons. The highest BCUT2D eigenvalue weighted by Gasteiger charge is 2.09. The van der Waals surface area contributed by atoms with Crippen molar-refractivity contribution in [1.82, 2.24) is 0 Å². The van der Waals surface area contributed by atoms with Gasteiger partial charge in [-0.15, -0.1) is 0 Å². The highest BCUT2D eigenvalue weighted by molar-refractivity contribution is 6.03. The maximum absolute atomic E-state index is 2.30. The number of benzene rings is 4. The van der Waals surface area contributed by atoms with Gasteiger partial charge in [0.15, 0.2) is 0 Å². The molecular weight excluding hydrogens is 278 g/mol. The van der Waals surface area contributed by atoms with Gasteiger partial charge in [-0.2, -0.15) is 0 Å². The average Bonchev–Trinajstić information content (AvgIpc) is 2.60. The molecule has 0 fully saturated rings. The predicted molar refractivity (Wildman–Crippen MR) is 101 cm³/mol. The van der Waals surface area contributed by atoms with Crippen molar-refractivity contribution in [1.29, 1.82) is 0 Å². The van der Waals surface area contributed by atoms with E-state index < -0.39 is 0 Å². The van der Waals surface area contributed by atoms with E-state index in [0.29, 0.717) is 0 Å². The van der Waals surface area contributed by atoms with Gasteiger partial charge in [-0.3, -0.25) is 0 Å². The van der Waals surface area contributed by atoms with E-state index in [9.17, 15) is 0 Å². The summed E-state index contributed by atoms with van der Waals surface area (Å²) >= 11 is 0. The van der Waals surface area contributed by atoms with E-state index >= 15 is 0 Å². The molecule has 0 aliphatic rings. The van der Waals surface area contributed by atoms with Gasteiger partial charge in [-0.25, -0.2) is 0 Å². The Hall–Kier alpha value is -2.80. The number of hydrogen-bond acceptors (Lipinski definition) is 1. The average molecular weight is 297 g/mol. The summed E-state index contributed by atoms with van der Waals surface area (Å²) in [5, 5.41) is 5.16. The largest absolute Gasteiger partial charge is 0.377 e. The first-order valence-electron chi connectivity index (χ1n) is 7.92. The fraction of sp³-hybridized carbons (Fsp3) is 0.0909. The molecule has 0 spiro atoms. The van der Waals surface area contributed by atoms with Crippen LogP contribution in [0.25, 0.3) is 32.7 Å². The molecule has 23 heavy (non-hydrogen) atoms. The summed E-state index contributed by atoms with van der Waals surface area (Å²) < 4.78 is 0. The van der Waals surface area contributed by atoms with Crippen molar-refractivity contribution in [3.8, 4) is 11.1 Å². The van der Waals surface area contributed by atoms with Crippen molar-refractivity contribution in [3.63, 3.8) is 0 Å². The zero-order chi connectivity index (χ0) is 15.8. The molecule has 1 heteroatoms. The zero-order valence-electron chi connectivity index (χ0n) is 13.5. The maximum Gasteiger partial charge on any atom is 0.0446 e. The Bertz CT molecular complexity index is 994. The Kier molecular flexibility index (Phi) is 3.27. The molecule has 0 heterocycles. The summed E-state index contributed by atoms with van der Waals surface area (Å²) in [7, 11) is 4.21. The van der Waals surface area contributed by atoms with E-state index in [1.165, 1.54) is 38.4 Å². The van der Waals surface area contributed by atoms with Crippen LogP contribution in [0.15, 0.2) is 78.9 Å². The van der Waals surface area contributed by atoms with Crippen LogP contribution in [0.3, 0.4) is 0 Å². The highest BCUT2D eigenvalue weighted by Crippen LogP contribution is 2.35. The molecule has 4 aromatic rings. The minimum Gasteiger partial charge on any atom is -0.377 e. The lowest BCUT2D eigenvalue weighted by Gasteiger charge is -2.18. The van der Waals surface area contributed by atoms with E-state index in [2.05, 4.69) is 97.9 Å². The van der Waals surface area contributed by atoms with Crippen LogP contribution in [0.4, 0.5) is 5.69 Å². The number of rotatable bonds is 2. The lowest BCUT2D eigenvalue weighted by Crippen LogP contribution is -2.09. The summed E-state index contributed by atoms with van der Waals surface area (Å²) in [5.74, 6) is 0. The first kappa shape index (κ1) is 13.8. The van der Waals surface area contributed by atoms with Crippen LogP contribution in [0.1, 0.15) is 0 Å². The third kappa shape index (κ3) is 2.35. The SMILES string of the molecule is CN(C)c1cc(-c2cccc3ccccc23)cc2ccccc12. The van der Waals surface area contributed by atoms with Crippen LogP contribution < -0.4 is 4.90 Å². The first-order chi connectivity index (χ1) is 11.2. The van der Waals surface area contributed by atoms with Gasteiger partial charge in [0.1, 0.15) is 0 Å². The molecule has 0 unspecified atom stereocenters. The minimum absolute atomic E-state index is 1.26. The number of nitrogens with zero attached hydrogens (tertiary/aromatic N) is 1. The molecule has 0 bridgehead atoms. The fourth-order valence-corrected chi connectivity index (χ4v) is 3.29. The van der Waals surface area contributed by atoms with E-state index in [1.54, 1.807) is 0 Å². The summed E-state index contributed by atoms with van der Waals surface area (Å²) in [6.07, 6.45) is 0. The summed E-state index contributed by atoms with van der Waals surface area (Å²) in [5.41, 5.74) is 3.81. The lowest BCUT2D eigenvalue weighted by molar-refractivity contribution is 1.14. The molecule has 4 rings (SSSR count). The van der Waals surface area contributed by atoms with Gasteiger partial charge in [0.2, 0.25) is 0 Å². The van der Waals surface area contributed by atoms with Gasteiger partial charge in [0, 0.05) is 25.2 Å². The molecule has 4 aromatic carbocycles. The predicted octanol–water partition coefficient (Wildman–Crippen LogP) is 5.73. The number of fused-ring (bicyclic) bond motifs is 2. The van der Waals surface area contributed by atoms with Crippen molar-refractivity contribution in [2.75, 3.05) is 19.0 Å². The molecule has 0 atom stereocenters. The van der Waals surface area contributed by atoms with Gasteiger partial charge in [-0.1, -0.05) is 66.7 Å². The molecule has 0 N–H and O–H groups in total. The molecule has 0 amide bonds. The number of anilines is 1. The Morgan fingerprint density at radius 1 is 0.609 bits per heavy atom. The summed E-state index contributed by atoms with van der Waals surface area (Å²) in [4.78, 5) is 2.19. The van der Waals surface area contributed by atoms with Crippen molar-refractivity contribution in [2.24, 2.45) is 0 Å². The summed E-state index contributed by atoms with van der Waals surface area (Å²) in [6, 6.07) is 28.3. The molecule has 0 radical (unpaired) electrons. The van der Waals surface area contributed by atoms with Crippen LogP contribution in [-0.2, 0) is 0 Å². The van der Waals surface area contributed by atoms with Crippen LogP contribution in [0.5, 0.6) is 0 Å². The van der Waals surface area contributed by atoms with E-state index in [1.807, 2.05) is 0 Å². The van der Waals surface area contributed by atoms with Gasteiger partial charge < -0.3 is 4.90 Å². The van der Waals surface area contributed by atoms with Crippen molar-refractivity contribution in [2.45, 2.75) is 0 Å². The molecule has 0 aliphatic carbocycles. The van der Waals surface area contributed by atoms with Crippen LogP contribution in [0.2, 0.25) is 0 Å². The third-order valence-corrected chi connectivity index (χ3v) is 4.42. The zero-order valence-corrected chi connectivity index (χ0v) is 13.5. The molecule has 0 aliphatic heterocycles. The first-order valence-corrected chi connectivity index (χ1v) is 7.92. The fourth-order valence-electron chi connectivity index (χ4n) is 3.29. The number of hydrogen-bond donors (Lipinski definition) is 0. The quantitative estimate of drug-likeness (QED) is 0.457. The van der Waals surface area contributed by atoms with Crippen LogP contribution >= 0.6 is 0 Å². The summed E-state index contributed by atoms with van der Waals surface area (Å²) in [6.45, 7) is 0. The monoisotopic (exact) mass is 297 g/mol. The van der Waals surface area contributed by atoms with E-state index in [4.69, 9.17) is 0 Å². The second-order valence-electron chi connectivity index (χ2n) is 6.14. The second-order valence-corrected chi connectivity index (χ2v) is 6.14. The Morgan fingerprint density at radius 3 is 2.04 bits per heavy atom. The van der Waals surface area contributed by atoms with E-state index in [-0.39, 0.29) is 0 Å². The smallest absolute Gasteiger partial charge is 0.0446 e. The minimum atomic E-state index is 1.26. The molecule has 1 nitrogen and oxygen atoms in total. The van der Waals surface area contributed by atoms with Crippen molar-refractivity contribution in [3.05, 3.63) is 78.9 Å². The van der Waals surface area contributed by atoms with Gasteiger partial charge in [0.05, 0.1) is 0 Å². The maximum atomic E-state index is 2.30. The van der Waals surface area contributed by atoms with Gasteiger partial charge in [-0.05, 0) is 39.4 Å². The normalized spacial score (nSPS) is 11.0. The Morgan fingerprint density at radius 2 is 1.26 bits per heavy atom. The second kappa shape index (κ2) is 5.44. The third-order valence-electron chi connectivity index (χ3n) is 4.42. The van der Waals surface area contributed by atoms with Crippen LogP contribution in [-0.4, -0.2) is 14.1 Å². The van der Waals surface area contributed by atoms with E-state index in [0.717, 1.165) is 0 Å². The van der Waals surface area contributed by atoms with Crippen molar-refractivity contribution >= 4 is 27.2 Å². The molecule has 0 saturated heterocycles. The van der Waals surface area contributed by atoms with Crippen molar-refractivity contribution < 1.29 is 0 Å². The molecular formula is C22H19N. The molecule has 0 aromatic heterocycles. The molecule has 0 saturated carbocycles. The Balaban J connectivity index is 2.05. The van der Waals surface area contributed by atoms with Crippen LogP contribution in [0, 0.1) is 0 Å². The lowest BCUT2D eigenvalue weighted by atomic mass is 9.95. The Labute approximate surface area is 136 Å². The topological polar surface area (TPSA) is 3.24 Å². The van der Waals surface area contributed by atoms with Gasteiger partial charge >= 0.3 is 0 Å².